The number of hydrogen-bond donors (Lipinski definition) is 1. The minimum Gasteiger partial charge on any atom is -0.482 e. The van der Waals surface area contributed by atoms with Gasteiger partial charge in [-0.3, -0.25) is 4.79 Å². The Balaban J connectivity index is 0.00000208. The number of nitrogens with zero attached hydrogens (tertiary/aromatic N) is 2. The van der Waals surface area contributed by atoms with Crippen molar-refractivity contribution in [3.05, 3.63) is 45.8 Å². The SMILES string of the molecule is Cl.N[C@@H]1CCN(C(=O)c2cc(COc3c(Cl)cccc3Cl)on2)C1. The molecule has 0 radical (unpaired) electrons. The Hall–Kier alpha value is -1.47. The van der Waals surface area contributed by atoms with E-state index in [4.69, 9.17) is 38.2 Å². The smallest absolute Gasteiger partial charge is 0.276 e. The lowest BCUT2D eigenvalue weighted by Gasteiger charge is -2.13. The summed E-state index contributed by atoms with van der Waals surface area (Å²) in [7, 11) is 0. The van der Waals surface area contributed by atoms with Gasteiger partial charge >= 0.3 is 0 Å². The molecule has 2 aromatic rings. The van der Waals surface area contributed by atoms with Crippen molar-refractivity contribution in [1.29, 1.82) is 0 Å². The van der Waals surface area contributed by atoms with E-state index in [-0.39, 0.29) is 36.7 Å². The minimum atomic E-state index is -0.191. The molecule has 3 rings (SSSR count). The molecular formula is C15H16Cl3N3O3. The van der Waals surface area contributed by atoms with E-state index in [1.807, 2.05) is 0 Å². The monoisotopic (exact) mass is 391 g/mol. The van der Waals surface area contributed by atoms with E-state index in [0.717, 1.165) is 6.42 Å². The van der Waals surface area contributed by atoms with E-state index < -0.39 is 0 Å². The maximum Gasteiger partial charge on any atom is 0.276 e. The summed E-state index contributed by atoms with van der Waals surface area (Å²) >= 11 is 12.0. The summed E-state index contributed by atoms with van der Waals surface area (Å²) in [4.78, 5) is 13.9. The Kier molecular flexibility index (Phi) is 6.34. The Morgan fingerprint density at radius 2 is 2.12 bits per heavy atom. The van der Waals surface area contributed by atoms with Crippen LogP contribution >= 0.6 is 35.6 Å². The molecule has 1 aromatic carbocycles. The van der Waals surface area contributed by atoms with Gasteiger partial charge in [-0.25, -0.2) is 0 Å². The van der Waals surface area contributed by atoms with Crippen molar-refractivity contribution in [2.24, 2.45) is 5.73 Å². The van der Waals surface area contributed by atoms with Crippen molar-refractivity contribution in [3.63, 3.8) is 0 Å². The van der Waals surface area contributed by atoms with E-state index >= 15 is 0 Å². The van der Waals surface area contributed by atoms with Gasteiger partial charge in [0.25, 0.3) is 5.91 Å². The summed E-state index contributed by atoms with van der Waals surface area (Å²) in [6.07, 6.45) is 0.796. The second-order valence-corrected chi connectivity index (χ2v) is 6.13. The fraction of sp³-hybridized carbons (Fsp3) is 0.333. The van der Waals surface area contributed by atoms with Crippen LogP contribution in [0, 0.1) is 0 Å². The number of carbonyl (C=O) groups is 1. The van der Waals surface area contributed by atoms with Crippen LogP contribution in [-0.2, 0) is 6.61 Å². The molecule has 0 unspecified atom stereocenters. The molecular weight excluding hydrogens is 377 g/mol. The summed E-state index contributed by atoms with van der Waals surface area (Å²) in [6.45, 7) is 1.24. The van der Waals surface area contributed by atoms with E-state index in [1.165, 1.54) is 0 Å². The maximum absolute atomic E-state index is 12.3. The van der Waals surface area contributed by atoms with Gasteiger partial charge in [-0.2, -0.15) is 0 Å². The number of likely N-dealkylation sites (tertiary alicyclic amines) is 1. The van der Waals surface area contributed by atoms with E-state index in [1.54, 1.807) is 29.2 Å². The lowest BCUT2D eigenvalue weighted by Crippen LogP contribution is -2.32. The predicted molar refractivity (Wildman–Crippen MR) is 93.0 cm³/mol. The number of halogens is 3. The van der Waals surface area contributed by atoms with Crippen LogP contribution in [0.1, 0.15) is 22.7 Å². The van der Waals surface area contributed by atoms with Crippen molar-refractivity contribution >= 4 is 41.5 Å². The Morgan fingerprint density at radius 3 is 2.75 bits per heavy atom. The third-order valence-corrected chi connectivity index (χ3v) is 4.16. The molecule has 2 N–H and O–H groups in total. The van der Waals surface area contributed by atoms with Crippen molar-refractivity contribution in [3.8, 4) is 5.75 Å². The highest BCUT2D eigenvalue weighted by Crippen LogP contribution is 2.32. The molecule has 0 spiro atoms. The maximum atomic E-state index is 12.3. The minimum absolute atomic E-state index is 0. The number of rotatable bonds is 4. The van der Waals surface area contributed by atoms with Crippen LogP contribution in [0.25, 0.3) is 0 Å². The number of nitrogens with two attached hydrogens (primary N) is 1. The van der Waals surface area contributed by atoms with Gasteiger partial charge in [0.15, 0.2) is 17.2 Å². The van der Waals surface area contributed by atoms with Crippen LogP contribution in [0.2, 0.25) is 10.0 Å². The molecule has 0 saturated carbocycles. The van der Waals surface area contributed by atoms with Crippen molar-refractivity contribution < 1.29 is 14.1 Å². The number of carbonyl (C=O) groups excluding carboxylic acids is 1. The summed E-state index contributed by atoms with van der Waals surface area (Å²) in [6, 6.07) is 6.65. The zero-order chi connectivity index (χ0) is 16.4. The van der Waals surface area contributed by atoms with Gasteiger partial charge in [-0.05, 0) is 18.6 Å². The van der Waals surface area contributed by atoms with Gasteiger partial charge in [0.1, 0.15) is 6.61 Å². The summed E-state index contributed by atoms with van der Waals surface area (Å²) < 4.78 is 10.7. The number of aromatic nitrogens is 1. The molecule has 9 heteroatoms. The van der Waals surface area contributed by atoms with E-state index in [2.05, 4.69) is 5.16 Å². The molecule has 130 valence electrons. The highest BCUT2D eigenvalue weighted by molar-refractivity contribution is 6.37. The highest BCUT2D eigenvalue weighted by Gasteiger charge is 2.26. The first-order valence-electron chi connectivity index (χ1n) is 7.12. The Morgan fingerprint density at radius 1 is 1.42 bits per heavy atom. The van der Waals surface area contributed by atoms with Crippen molar-refractivity contribution in [1.82, 2.24) is 10.1 Å². The number of hydrogen-bond acceptors (Lipinski definition) is 5. The van der Waals surface area contributed by atoms with Crippen LogP contribution in [0.5, 0.6) is 5.75 Å². The van der Waals surface area contributed by atoms with Crippen molar-refractivity contribution in [2.75, 3.05) is 13.1 Å². The number of para-hydroxylation sites is 1. The molecule has 24 heavy (non-hydrogen) atoms. The van der Waals surface area contributed by atoms with Crippen LogP contribution in [-0.4, -0.2) is 35.1 Å². The fourth-order valence-corrected chi connectivity index (χ4v) is 2.89. The van der Waals surface area contributed by atoms with Gasteiger partial charge in [0.05, 0.1) is 10.0 Å². The molecule has 0 bridgehead atoms. The molecule has 1 saturated heterocycles. The predicted octanol–water partition coefficient (Wildman–Crippen LogP) is 3.16. The number of benzene rings is 1. The largest absolute Gasteiger partial charge is 0.482 e. The van der Waals surface area contributed by atoms with Crippen LogP contribution < -0.4 is 10.5 Å². The van der Waals surface area contributed by atoms with Crippen LogP contribution in [0.3, 0.4) is 0 Å². The average molecular weight is 393 g/mol. The van der Waals surface area contributed by atoms with Crippen LogP contribution in [0.4, 0.5) is 0 Å². The lowest BCUT2D eigenvalue weighted by molar-refractivity contribution is 0.0780. The van der Waals surface area contributed by atoms with Gasteiger partial charge in [0, 0.05) is 25.2 Å². The van der Waals surface area contributed by atoms with Gasteiger partial charge in [-0.1, -0.05) is 34.4 Å². The van der Waals surface area contributed by atoms with E-state index in [0.29, 0.717) is 34.6 Å². The third kappa shape index (κ3) is 4.13. The molecule has 1 aromatic heterocycles. The number of amides is 1. The molecule has 1 aliphatic heterocycles. The summed E-state index contributed by atoms with van der Waals surface area (Å²) in [5.74, 6) is 0.585. The molecule has 2 heterocycles. The molecule has 1 aliphatic rings. The quantitative estimate of drug-likeness (QED) is 0.864. The topological polar surface area (TPSA) is 81.6 Å². The second-order valence-electron chi connectivity index (χ2n) is 5.32. The van der Waals surface area contributed by atoms with Crippen LogP contribution in [0.15, 0.2) is 28.8 Å². The summed E-state index contributed by atoms with van der Waals surface area (Å²) in [5, 5.41) is 4.59. The Bertz CT molecular complexity index is 703. The normalized spacial score (nSPS) is 16.8. The molecule has 6 nitrogen and oxygen atoms in total. The molecule has 1 atom stereocenters. The lowest BCUT2D eigenvalue weighted by atomic mass is 10.3. The molecule has 1 amide bonds. The molecule has 1 fully saturated rings. The zero-order valence-electron chi connectivity index (χ0n) is 12.6. The first kappa shape index (κ1) is 18.9. The standard InChI is InChI=1S/C15H15Cl2N3O3.ClH/c16-11-2-1-3-12(17)14(11)22-8-10-6-13(19-23-10)15(21)20-5-4-9(18)7-20;/h1-3,6,9H,4-5,7-8,18H2;1H/t9-;/m1./s1. The van der Waals surface area contributed by atoms with Gasteiger partial charge in [0.2, 0.25) is 0 Å². The summed E-state index contributed by atoms with van der Waals surface area (Å²) in [5.41, 5.74) is 6.04. The highest BCUT2D eigenvalue weighted by atomic mass is 35.5. The average Bonchev–Trinajstić information content (AvgIpc) is 3.15. The number of ether oxygens (including phenoxy) is 1. The first-order valence-corrected chi connectivity index (χ1v) is 7.87. The van der Waals surface area contributed by atoms with Crippen molar-refractivity contribution in [2.45, 2.75) is 19.1 Å². The first-order chi connectivity index (χ1) is 11.0. The Labute approximate surface area is 155 Å². The van der Waals surface area contributed by atoms with Gasteiger partial charge in [-0.15, -0.1) is 12.4 Å². The van der Waals surface area contributed by atoms with Gasteiger partial charge < -0.3 is 19.9 Å². The van der Waals surface area contributed by atoms with E-state index in [9.17, 15) is 4.79 Å². The molecule has 0 aliphatic carbocycles. The zero-order valence-corrected chi connectivity index (χ0v) is 14.9. The second kappa shape index (κ2) is 8.07. The fourth-order valence-electron chi connectivity index (χ4n) is 2.38. The third-order valence-electron chi connectivity index (χ3n) is 3.57.